The van der Waals surface area contributed by atoms with E-state index >= 15 is 0 Å². The number of para-hydroxylation sites is 1. The molecule has 0 spiro atoms. The molecule has 106 valence electrons. The summed E-state index contributed by atoms with van der Waals surface area (Å²) in [5.41, 5.74) is 6.18. The molecular formula is C12H14F3NO3. The van der Waals surface area contributed by atoms with Crippen molar-refractivity contribution in [3.8, 4) is 5.75 Å². The molecule has 19 heavy (non-hydrogen) atoms. The molecule has 1 saturated heterocycles. The lowest BCUT2D eigenvalue weighted by molar-refractivity contribution is -0.275. The smallest absolute Gasteiger partial charge is 0.405 e. The van der Waals surface area contributed by atoms with Gasteiger partial charge >= 0.3 is 6.36 Å². The summed E-state index contributed by atoms with van der Waals surface area (Å²) in [5.74, 6) is -0.309. The van der Waals surface area contributed by atoms with Gasteiger partial charge in [-0.25, -0.2) is 0 Å². The minimum atomic E-state index is -4.75. The van der Waals surface area contributed by atoms with Crippen molar-refractivity contribution < 1.29 is 27.4 Å². The van der Waals surface area contributed by atoms with E-state index in [1.807, 2.05) is 0 Å². The van der Waals surface area contributed by atoms with Crippen molar-refractivity contribution in [3.63, 3.8) is 0 Å². The predicted octanol–water partition coefficient (Wildman–Crippen LogP) is 2.00. The largest absolute Gasteiger partial charge is 0.573 e. The van der Waals surface area contributed by atoms with Crippen molar-refractivity contribution in [2.24, 2.45) is 5.73 Å². The van der Waals surface area contributed by atoms with Gasteiger partial charge in [-0.05, 0) is 6.07 Å². The molecule has 2 rings (SSSR count). The summed E-state index contributed by atoms with van der Waals surface area (Å²) in [4.78, 5) is 0. The van der Waals surface area contributed by atoms with Crippen molar-refractivity contribution in [1.82, 2.24) is 0 Å². The fourth-order valence-corrected chi connectivity index (χ4v) is 1.89. The zero-order valence-corrected chi connectivity index (χ0v) is 10.0. The third kappa shape index (κ3) is 3.82. The van der Waals surface area contributed by atoms with Crippen LogP contribution >= 0.6 is 0 Å². The predicted molar refractivity (Wildman–Crippen MR) is 60.6 cm³/mol. The van der Waals surface area contributed by atoms with E-state index in [4.69, 9.17) is 15.2 Å². The van der Waals surface area contributed by atoms with Crippen LogP contribution in [0.4, 0.5) is 13.2 Å². The van der Waals surface area contributed by atoms with Gasteiger partial charge in [-0.1, -0.05) is 18.2 Å². The van der Waals surface area contributed by atoms with Gasteiger partial charge in [0.25, 0.3) is 0 Å². The monoisotopic (exact) mass is 277 g/mol. The summed E-state index contributed by atoms with van der Waals surface area (Å²) in [6.07, 6.45) is -5.23. The molecule has 0 radical (unpaired) electrons. The topological polar surface area (TPSA) is 53.7 Å². The van der Waals surface area contributed by atoms with Gasteiger partial charge in [-0.3, -0.25) is 0 Å². The highest BCUT2D eigenvalue weighted by molar-refractivity contribution is 5.36. The number of hydrogen-bond acceptors (Lipinski definition) is 4. The van der Waals surface area contributed by atoms with E-state index in [9.17, 15) is 13.2 Å². The number of nitrogens with two attached hydrogens (primary N) is 1. The molecule has 0 bridgehead atoms. The number of rotatable bonds is 3. The Balaban J connectivity index is 2.18. The molecule has 2 unspecified atom stereocenters. The molecule has 7 heteroatoms. The van der Waals surface area contributed by atoms with Gasteiger partial charge in [-0.2, -0.15) is 0 Å². The quantitative estimate of drug-likeness (QED) is 0.918. The maximum absolute atomic E-state index is 12.3. The molecule has 1 aliphatic heterocycles. The first kappa shape index (κ1) is 14.1. The first-order valence-electron chi connectivity index (χ1n) is 5.77. The molecule has 4 nitrogen and oxygen atoms in total. The van der Waals surface area contributed by atoms with Crippen LogP contribution in [-0.4, -0.2) is 32.3 Å². The third-order valence-electron chi connectivity index (χ3n) is 2.75. The van der Waals surface area contributed by atoms with Crippen LogP contribution in [0, 0.1) is 0 Å². The number of alkyl halides is 3. The summed E-state index contributed by atoms with van der Waals surface area (Å²) >= 11 is 0. The van der Waals surface area contributed by atoms with Gasteiger partial charge in [0, 0.05) is 5.56 Å². The Morgan fingerprint density at radius 2 is 2.00 bits per heavy atom. The van der Waals surface area contributed by atoms with Crippen LogP contribution in [0.3, 0.4) is 0 Å². The lowest BCUT2D eigenvalue weighted by atomic mass is 10.0. The fraction of sp³-hybridized carbons (Fsp3) is 0.500. The average molecular weight is 277 g/mol. The van der Waals surface area contributed by atoms with E-state index in [2.05, 4.69) is 4.74 Å². The normalized spacial score (nSPS) is 22.0. The van der Waals surface area contributed by atoms with Gasteiger partial charge in [0.05, 0.1) is 25.9 Å². The summed E-state index contributed by atoms with van der Waals surface area (Å²) < 4.78 is 51.5. The van der Waals surface area contributed by atoms with Gasteiger partial charge in [-0.15, -0.1) is 13.2 Å². The van der Waals surface area contributed by atoms with Crippen LogP contribution in [0.5, 0.6) is 5.75 Å². The second-order valence-electron chi connectivity index (χ2n) is 4.10. The highest BCUT2D eigenvalue weighted by Gasteiger charge is 2.34. The molecule has 0 aliphatic carbocycles. The van der Waals surface area contributed by atoms with Crippen molar-refractivity contribution in [2.75, 3.05) is 19.8 Å². The summed E-state index contributed by atoms with van der Waals surface area (Å²) in [6.45, 7) is 1.09. The standard InChI is InChI=1S/C12H14F3NO3/c13-12(14,15)19-9-4-2-1-3-8(9)11(16)10-7-17-5-6-18-10/h1-4,10-11H,5-7,16H2. The molecule has 1 aliphatic rings. The molecule has 2 atom stereocenters. The molecule has 2 N–H and O–H groups in total. The lowest BCUT2D eigenvalue weighted by Gasteiger charge is -2.29. The molecule has 1 fully saturated rings. The van der Waals surface area contributed by atoms with E-state index in [1.165, 1.54) is 18.2 Å². The molecule has 1 aromatic rings. The Labute approximate surface area is 108 Å². The Bertz CT molecular complexity index is 419. The van der Waals surface area contributed by atoms with E-state index in [0.29, 0.717) is 13.2 Å². The van der Waals surface area contributed by atoms with Crippen molar-refractivity contribution >= 4 is 0 Å². The van der Waals surface area contributed by atoms with Gasteiger partial charge in [0.1, 0.15) is 11.9 Å². The van der Waals surface area contributed by atoms with E-state index in [0.717, 1.165) is 0 Å². The van der Waals surface area contributed by atoms with E-state index in [1.54, 1.807) is 6.07 Å². The zero-order chi connectivity index (χ0) is 13.9. The zero-order valence-electron chi connectivity index (χ0n) is 10.0. The number of halogens is 3. The minimum absolute atomic E-state index is 0.246. The van der Waals surface area contributed by atoms with Crippen molar-refractivity contribution in [1.29, 1.82) is 0 Å². The van der Waals surface area contributed by atoms with Crippen LogP contribution in [-0.2, 0) is 9.47 Å². The second-order valence-corrected chi connectivity index (χ2v) is 4.10. The Kier molecular flexibility index (Phi) is 4.28. The maximum atomic E-state index is 12.3. The molecule has 1 heterocycles. The van der Waals surface area contributed by atoms with Crippen molar-refractivity contribution in [2.45, 2.75) is 18.5 Å². The lowest BCUT2D eigenvalue weighted by Crippen LogP contribution is -2.38. The maximum Gasteiger partial charge on any atom is 0.573 e. The SMILES string of the molecule is NC(c1ccccc1OC(F)(F)F)C1COCCO1. The molecule has 0 saturated carbocycles. The first-order valence-corrected chi connectivity index (χ1v) is 5.77. The highest BCUT2D eigenvalue weighted by Crippen LogP contribution is 2.31. The van der Waals surface area contributed by atoms with Gasteiger partial charge in [0.2, 0.25) is 0 Å². The van der Waals surface area contributed by atoms with Crippen LogP contribution in [0.25, 0.3) is 0 Å². The Morgan fingerprint density at radius 3 is 2.63 bits per heavy atom. The van der Waals surface area contributed by atoms with Crippen LogP contribution in [0.2, 0.25) is 0 Å². The molecule has 0 aromatic heterocycles. The summed E-state index contributed by atoms with van der Waals surface area (Å²) in [5, 5.41) is 0. The van der Waals surface area contributed by atoms with Gasteiger partial charge < -0.3 is 19.9 Å². The van der Waals surface area contributed by atoms with E-state index in [-0.39, 0.29) is 17.9 Å². The van der Waals surface area contributed by atoms with Crippen molar-refractivity contribution in [3.05, 3.63) is 29.8 Å². The first-order chi connectivity index (χ1) is 8.97. The van der Waals surface area contributed by atoms with Gasteiger partial charge in [0.15, 0.2) is 0 Å². The summed E-state index contributed by atoms with van der Waals surface area (Å²) in [7, 11) is 0. The number of benzene rings is 1. The molecule has 1 aromatic carbocycles. The van der Waals surface area contributed by atoms with Crippen LogP contribution in [0.1, 0.15) is 11.6 Å². The summed E-state index contributed by atoms with van der Waals surface area (Å²) in [6, 6.07) is 5.03. The number of ether oxygens (including phenoxy) is 3. The molecular weight excluding hydrogens is 263 g/mol. The average Bonchev–Trinajstić information content (AvgIpc) is 2.38. The van der Waals surface area contributed by atoms with E-state index < -0.39 is 18.5 Å². The second kappa shape index (κ2) is 5.77. The highest BCUT2D eigenvalue weighted by atomic mass is 19.4. The van der Waals surface area contributed by atoms with Crippen LogP contribution in [0.15, 0.2) is 24.3 Å². The third-order valence-corrected chi connectivity index (χ3v) is 2.75. The Morgan fingerprint density at radius 1 is 1.26 bits per heavy atom. The Hall–Kier alpha value is -1.31. The minimum Gasteiger partial charge on any atom is -0.405 e. The fourth-order valence-electron chi connectivity index (χ4n) is 1.89. The van der Waals surface area contributed by atoms with Crippen LogP contribution < -0.4 is 10.5 Å². The molecule has 0 amide bonds. The number of hydrogen-bond donors (Lipinski definition) is 1.